The van der Waals surface area contributed by atoms with Crippen molar-refractivity contribution in [3.8, 4) is 0 Å². The van der Waals surface area contributed by atoms with Gasteiger partial charge in [0.25, 0.3) is 0 Å². The van der Waals surface area contributed by atoms with Crippen LogP contribution >= 0.6 is 0 Å². The fourth-order valence-corrected chi connectivity index (χ4v) is 2.14. The molecule has 0 aliphatic heterocycles. The first kappa shape index (κ1) is 20.9. The number of halogens is 3. The van der Waals surface area contributed by atoms with Crippen LogP contribution in [0.4, 0.5) is 18.0 Å². The van der Waals surface area contributed by atoms with E-state index in [2.05, 4.69) is 20.6 Å². The van der Waals surface area contributed by atoms with Crippen molar-refractivity contribution in [1.82, 2.24) is 10.7 Å². The molecule has 0 saturated carbocycles. The van der Waals surface area contributed by atoms with Gasteiger partial charge in [0, 0.05) is 24.1 Å². The molecule has 2 aromatic rings. The number of nitrogens with zero attached hydrogens (tertiary/aromatic N) is 1. The number of carbonyl (C=O) groups excluding carboxylic acids is 2. The first-order valence-corrected chi connectivity index (χ1v) is 8.30. The molecule has 0 bridgehead atoms. The summed E-state index contributed by atoms with van der Waals surface area (Å²) in [5.41, 5.74) is 4.52. The maximum absolute atomic E-state index is 11.9. The van der Waals surface area contributed by atoms with Crippen molar-refractivity contribution in [2.75, 3.05) is 13.2 Å². The van der Waals surface area contributed by atoms with E-state index >= 15 is 0 Å². The molecule has 2 amide bonds. The zero-order valence-corrected chi connectivity index (χ0v) is 14.7. The highest BCUT2D eigenvalue weighted by atomic mass is 19.4. The van der Waals surface area contributed by atoms with Gasteiger partial charge in [-0.25, -0.2) is 10.2 Å². The van der Waals surface area contributed by atoms with Crippen LogP contribution in [-0.4, -0.2) is 37.0 Å². The van der Waals surface area contributed by atoms with E-state index in [1.165, 1.54) is 0 Å². The van der Waals surface area contributed by atoms with Crippen LogP contribution in [0.5, 0.6) is 0 Å². The smallest absolute Gasteiger partial charge is 0.422 e. The summed E-state index contributed by atoms with van der Waals surface area (Å²) in [6.45, 7) is -1.88. The third-order valence-electron chi connectivity index (χ3n) is 3.38. The molecular weight excluding hydrogens is 375 g/mol. The van der Waals surface area contributed by atoms with Gasteiger partial charge in [-0.15, -0.1) is 0 Å². The number of hydrogen-bond donors (Lipinski definition) is 2. The SMILES string of the molecule is O=C(CCNC(=O)OCC(F)(F)F)NN=C(c1ccccc1)c1ccccc1. The van der Waals surface area contributed by atoms with Crippen LogP contribution in [0.1, 0.15) is 17.5 Å². The highest BCUT2D eigenvalue weighted by Crippen LogP contribution is 2.14. The van der Waals surface area contributed by atoms with E-state index in [9.17, 15) is 22.8 Å². The summed E-state index contributed by atoms with van der Waals surface area (Å²) in [7, 11) is 0. The summed E-state index contributed by atoms with van der Waals surface area (Å²) in [6.07, 6.45) is -6.03. The van der Waals surface area contributed by atoms with E-state index in [0.717, 1.165) is 11.1 Å². The second-order valence-corrected chi connectivity index (χ2v) is 5.60. The largest absolute Gasteiger partial charge is 0.440 e. The average Bonchev–Trinajstić information content (AvgIpc) is 2.68. The maximum atomic E-state index is 11.9. The molecule has 0 aliphatic carbocycles. The molecule has 0 aromatic heterocycles. The van der Waals surface area contributed by atoms with Crippen LogP contribution in [0.2, 0.25) is 0 Å². The van der Waals surface area contributed by atoms with Crippen molar-refractivity contribution in [2.24, 2.45) is 5.10 Å². The summed E-state index contributed by atoms with van der Waals surface area (Å²) in [5, 5.41) is 6.22. The molecule has 2 aromatic carbocycles. The second-order valence-electron chi connectivity index (χ2n) is 5.60. The van der Waals surface area contributed by atoms with Gasteiger partial charge in [-0.05, 0) is 0 Å². The number of hydrogen-bond acceptors (Lipinski definition) is 4. The average molecular weight is 393 g/mol. The Morgan fingerprint density at radius 1 is 0.929 bits per heavy atom. The molecule has 0 fully saturated rings. The predicted octanol–water partition coefficient (Wildman–Crippen LogP) is 3.23. The molecule has 2 rings (SSSR count). The Bertz CT molecular complexity index is 768. The first-order chi connectivity index (χ1) is 13.3. The fourth-order valence-electron chi connectivity index (χ4n) is 2.14. The van der Waals surface area contributed by atoms with Gasteiger partial charge in [-0.3, -0.25) is 4.79 Å². The van der Waals surface area contributed by atoms with Crippen LogP contribution in [-0.2, 0) is 9.53 Å². The summed E-state index contributed by atoms with van der Waals surface area (Å²) in [6, 6.07) is 18.4. The summed E-state index contributed by atoms with van der Waals surface area (Å²) < 4.78 is 39.8. The van der Waals surface area contributed by atoms with Gasteiger partial charge < -0.3 is 10.1 Å². The Balaban J connectivity index is 1.90. The molecule has 0 unspecified atom stereocenters. The lowest BCUT2D eigenvalue weighted by molar-refractivity contribution is -0.160. The zero-order chi connectivity index (χ0) is 20.4. The molecule has 0 aliphatic rings. The number of hydrazone groups is 1. The monoisotopic (exact) mass is 393 g/mol. The van der Waals surface area contributed by atoms with E-state index in [1.54, 1.807) is 0 Å². The van der Waals surface area contributed by atoms with Crippen LogP contribution in [0.3, 0.4) is 0 Å². The van der Waals surface area contributed by atoms with Crippen LogP contribution in [0.25, 0.3) is 0 Å². The van der Waals surface area contributed by atoms with E-state index < -0.39 is 24.8 Å². The normalized spacial score (nSPS) is 10.7. The minimum Gasteiger partial charge on any atom is -0.440 e. The molecule has 0 heterocycles. The molecule has 0 saturated heterocycles. The van der Waals surface area contributed by atoms with Gasteiger partial charge in [-0.1, -0.05) is 60.7 Å². The molecular formula is C19H18F3N3O3. The van der Waals surface area contributed by atoms with E-state index in [1.807, 2.05) is 60.7 Å². The number of benzene rings is 2. The van der Waals surface area contributed by atoms with Gasteiger partial charge in [-0.2, -0.15) is 18.3 Å². The van der Waals surface area contributed by atoms with Crippen LogP contribution in [0.15, 0.2) is 65.8 Å². The van der Waals surface area contributed by atoms with Gasteiger partial charge in [0.15, 0.2) is 6.61 Å². The molecule has 6 nitrogen and oxygen atoms in total. The molecule has 0 spiro atoms. The van der Waals surface area contributed by atoms with Crippen LogP contribution < -0.4 is 10.7 Å². The van der Waals surface area contributed by atoms with Crippen molar-refractivity contribution in [3.05, 3.63) is 71.8 Å². The van der Waals surface area contributed by atoms with Gasteiger partial charge >= 0.3 is 12.3 Å². The molecule has 28 heavy (non-hydrogen) atoms. The number of carbonyl (C=O) groups is 2. The van der Waals surface area contributed by atoms with Crippen molar-refractivity contribution < 1.29 is 27.5 Å². The minimum atomic E-state index is -4.60. The highest BCUT2D eigenvalue weighted by molar-refractivity contribution is 6.13. The summed E-state index contributed by atoms with van der Waals surface area (Å²) >= 11 is 0. The standard InChI is InChI=1S/C19H18F3N3O3/c20-19(21,22)13-28-18(27)23-12-11-16(26)24-25-17(14-7-3-1-4-8-14)15-9-5-2-6-10-15/h1-10H,11-13H2,(H,23,27)(H,24,26). The molecule has 0 radical (unpaired) electrons. The van der Waals surface area contributed by atoms with E-state index in [4.69, 9.17) is 0 Å². The topological polar surface area (TPSA) is 79.8 Å². The van der Waals surface area contributed by atoms with Crippen molar-refractivity contribution in [3.63, 3.8) is 0 Å². The minimum absolute atomic E-state index is 0.179. The molecule has 9 heteroatoms. The quantitative estimate of drug-likeness (QED) is 0.560. The summed E-state index contributed by atoms with van der Waals surface area (Å²) in [4.78, 5) is 23.0. The maximum Gasteiger partial charge on any atom is 0.422 e. The number of alkyl halides is 3. The van der Waals surface area contributed by atoms with Crippen LogP contribution in [0, 0.1) is 0 Å². The Morgan fingerprint density at radius 2 is 1.46 bits per heavy atom. The number of amides is 2. The number of rotatable bonds is 7. The Kier molecular flexibility index (Phi) is 7.55. The Labute approximate surface area is 159 Å². The third-order valence-corrected chi connectivity index (χ3v) is 3.38. The fraction of sp³-hybridized carbons (Fsp3) is 0.211. The van der Waals surface area contributed by atoms with Crippen molar-refractivity contribution >= 4 is 17.7 Å². The Morgan fingerprint density at radius 3 is 1.96 bits per heavy atom. The summed E-state index contributed by atoms with van der Waals surface area (Å²) in [5.74, 6) is -0.513. The van der Waals surface area contributed by atoms with Gasteiger partial charge in [0.2, 0.25) is 5.91 Å². The van der Waals surface area contributed by atoms with Gasteiger partial charge in [0.1, 0.15) is 0 Å². The third kappa shape index (κ3) is 7.48. The predicted molar refractivity (Wildman–Crippen MR) is 96.7 cm³/mol. The molecule has 2 N–H and O–H groups in total. The lowest BCUT2D eigenvalue weighted by Crippen LogP contribution is -2.32. The number of nitrogens with one attached hydrogen (secondary N) is 2. The molecule has 0 atom stereocenters. The lowest BCUT2D eigenvalue weighted by atomic mass is 10.0. The lowest BCUT2D eigenvalue weighted by Gasteiger charge is -2.09. The van der Waals surface area contributed by atoms with Gasteiger partial charge in [0.05, 0.1) is 5.71 Å². The first-order valence-electron chi connectivity index (χ1n) is 8.30. The van der Waals surface area contributed by atoms with Crippen molar-refractivity contribution in [1.29, 1.82) is 0 Å². The van der Waals surface area contributed by atoms with E-state index in [-0.39, 0.29) is 13.0 Å². The molecule has 148 valence electrons. The Hall–Kier alpha value is -3.36. The number of ether oxygens (including phenoxy) is 1. The number of alkyl carbamates (subject to hydrolysis) is 1. The van der Waals surface area contributed by atoms with Crippen molar-refractivity contribution in [2.45, 2.75) is 12.6 Å². The second kappa shape index (κ2) is 10.1. The van der Waals surface area contributed by atoms with E-state index in [0.29, 0.717) is 5.71 Å². The highest BCUT2D eigenvalue weighted by Gasteiger charge is 2.29. The zero-order valence-electron chi connectivity index (χ0n) is 14.7.